The second-order valence-electron chi connectivity index (χ2n) is 3.96. The van der Waals surface area contributed by atoms with Gasteiger partial charge in [-0.25, -0.2) is 4.98 Å². The number of hydrogen-bond donors (Lipinski definition) is 0. The molecule has 0 aliphatic rings. The molecule has 0 atom stereocenters. The molecule has 3 heteroatoms. The molecule has 1 aromatic rings. The first kappa shape index (κ1) is 8.97. The summed E-state index contributed by atoms with van der Waals surface area (Å²) in [7, 11) is 1.83. The van der Waals surface area contributed by atoms with E-state index in [2.05, 4.69) is 4.98 Å². The molecule has 1 heterocycles. The maximum atomic E-state index is 10.7. The van der Waals surface area contributed by atoms with E-state index < -0.39 is 0 Å². The molecule has 0 bridgehead atoms. The van der Waals surface area contributed by atoms with Crippen molar-refractivity contribution in [3.05, 3.63) is 17.7 Å². The van der Waals surface area contributed by atoms with Crippen LogP contribution in [0.2, 0.25) is 0 Å². The minimum atomic E-state index is -0.0580. The lowest BCUT2D eigenvalue weighted by Crippen LogP contribution is -2.15. The van der Waals surface area contributed by atoms with Crippen LogP contribution in [0.15, 0.2) is 6.33 Å². The number of imidazole rings is 1. The van der Waals surface area contributed by atoms with E-state index in [1.165, 1.54) is 0 Å². The second kappa shape index (κ2) is 2.73. The molecule has 3 nitrogen and oxygen atoms in total. The van der Waals surface area contributed by atoms with E-state index in [4.69, 9.17) is 0 Å². The predicted octanol–water partition coefficient (Wildman–Crippen LogP) is 1.53. The van der Waals surface area contributed by atoms with Crippen LogP contribution in [-0.2, 0) is 12.5 Å². The van der Waals surface area contributed by atoms with Gasteiger partial charge in [0.05, 0.1) is 12.0 Å². The molecule has 0 unspecified atom stereocenters. The average Bonchev–Trinajstić information content (AvgIpc) is 2.29. The Hall–Kier alpha value is -1.12. The van der Waals surface area contributed by atoms with E-state index in [0.29, 0.717) is 5.69 Å². The van der Waals surface area contributed by atoms with E-state index in [1.807, 2.05) is 27.8 Å². The summed E-state index contributed by atoms with van der Waals surface area (Å²) in [6.45, 7) is 6.13. The fourth-order valence-corrected chi connectivity index (χ4v) is 1.16. The maximum Gasteiger partial charge on any atom is 0.168 e. The molecule has 0 fully saturated rings. The van der Waals surface area contributed by atoms with Crippen molar-refractivity contribution in [2.75, 3.05) is 0 Å². The molecule has 0 amide bonds. The fraction of sp³-hybridized carbons (Fsp3) is 0.556. The Morgan fingerprint density at radius 2 is 2.08 bits per heavy atom. The topological polar surface area (TPSA) is 34.9 Å². The third-order valence-corrected chi connectivity index (χ3v) is 1.80. The lowest BCUT2D eigenvalue weighted by atomic mass is 9.91. The van der Waals surface area contributed by atoms with Crippen LogP contribution in [0.5, 0.6) is 0 Å². The number of carbonyl (C=O) groups is 1. The van der Waals surface area contributed by atoms with E-state index in [1.54, 1.807) is 10.9 Å². The van der Waals surface area contributed by atoms with Gasteiger partial charge < -0.3 is 4.57 Å². The first-order valence-corrected chi connectivity index (χ1v) is 3.94. The number of aldehydes is 1. The van der Waals surface area contributed by atoms with Gasteiger partial charge in [-0.1, -0.05) is 20.8 Å². The highest BCUT2D eigenvalue weighted by atomic mass is 16.1. The number of nitrogens with zero attached hydrogens (tertiary/aromatic N) is 2. The highest BCUT2D eigenvalue weighted by molar-refractivity contribution is 5.74. The molecule has 0 aliphatic heterocycles. The van der Waals surface area contributed by atoms with Crippen molar-refractivity contribution >= 4 is 6.29 Å². The summed E-state index contributed by atoms with van der Waals surface area (Å²) in [6.07, 6.45) is 2.53. The van der Waals surface area contributed by atoms with Crippen LogP contribution in [-0.4, -0.2) is 15.8 Å². The summed E-state index contributed by atoms with van der Waals surface area (Å²) in [4.78, 5) is 14.9. The molecule has 0 radical (unpaired) electrons. The monoisotopic (exact) mass is 166 g/mol. The largest absolute Gasteiger partial charge is 0.331 e. The highest BCUT2D eigenvalue weighted by Crippen LogP contribution is 2.22. The summed E-state index contributed by atoms with van der Waals surface area (Å²) < 4.78 is 1.74. The third-order valence-electron chi connectivity index (χ3n) is 1.80. The zero-order valence-electron chi connectivity index (χ0n) is 7.96. The van der Waals surface area contributed by atoms with Gasteiger partial charge in [-0.05, 0) is 0 Å². The van der Waals surface area contributed by atoms with E-state index in [-0.39, 0.29) is 5.41 Å². The van der Waals surface area contributed by atoms with Gasteiger partial charge in [0, 0.05) is 12.5 Å². The first-order valence-electron chi connectivity index (χ1n) is 3.94. The van der Waals surface area contributed by atoms with Crippen LogP contribution in [0.3, 0.4) is 0 Å². The minimum absolute atomic E-state index is 0.0580. The summed E-state index contributed by atoms with van der Waals surface area (Å²) in [5.41, 5.74) is 1.47. The normalized spacial score (nSPS) is 11.7. The number of hydrogen-bond acceptors (Lipinski definition) is 2. The van der Waals surface area contributed by atoms with Crippen LogP contribution >= 0.6 is 0 Å². The van der Waals surface area contributed by atoms with Crippen molar-refractivity contribution in [1.82, 2.24) is 9.55 Å². The molecular formula is C9H14N2O. The summed E-state index contributed by atoms with van der Waals surface area (Å²) in [5, 5.41) is 0. The molecule has 12 heavy (non-hydrogen) atoms. The molecule has 0 N–H and O–H groups in total. The standard InChI is InChI=1S/C9H14N2O/c1-9(2,3)8-7(5-12)11(4)6-10-8/h5-6H,1-4H3. The van der Waals surface area contributed by atoms with Crippen molar-refractivity contribution in [2.45, 2.75) is 26.2 Å². The number of rotatable bonds is 1. The Labute approximate surface area is 72.4 Å². The lowest BCUT2D eigenvalue weighted by molar-refractivity contribution is 0.111. The van der Waals surface area contributed by atoms with Crippen LogP contribution in [0.25, 0.3) is 0 Å². The van der Waals surface area contributed by atoms with E-state index in [9.17, 15) is 4.79 Å². The van der Waals surface area contributed by atoms with E-state index in [0.717, 1.165) is 12.0 Å². The van der Waals surface area contributed by atoms with Crippen LogP contribution < -0.4 is 0 Å². The molecule has 0 saturated heterocycles. The van der Waals surface area contributed by atoms with Crippen molar-refractivity contribution in [3.8, 4) is 0 Å². The number of aromatic nitrogens is 2. The molecule has 0 spiro atoms. The SMILES string of the molecule is Cn1cnc(C(C)(C)C)c1C=O. The molecule has 0 saturated carbocycles. The Bertz CT molecular complexity index is 294. The first-order chi connectivity index (χ1) is 5.46. The molecular weight excluding hydrogens is 152 g/mol. The van der Waals surface area contributed by atoms with Gasteiger partial charge in [0.25, 0.3) is 0 Å². The van der Waals surface area contributed by atoms with Crippen LogP contribution in [0, 0.1) is 0 Å². The van der Waals surface area contributed by atoms with E-state index >= 15 is 0 Å². The Morgan fingerprint density at radius 1 is 1.50 bits per heavy atom. The fourth-order valence-electron chi connectivity index (χ4n) is 1.16. The van der Waals surface area contributed by atoms with Gasteiger partial charge in [-0.2, -0.15) is 0 Å². The number of carbonyl (C=O) groups excluding carboxylic acids is 1. The smallest absolute Gasteiger partial charge is 0.168 e. The van der Waals surface area contributed by atoms with Gasteiger partial charge in [-0.3, -0.25) is 4.79 Å². The zero-order chi connectivity index (χ0) is 9.35. The minimum Gasteiger partial charge on any atom is -0.331 e. The molecule has 0 aliphatic carbocycles. The van der Waals surface area contributed by atoms with Crippen molar-refractivity contribution < 1.29 is 4.79 Å². The lowest BCUT2D eigenvalue weighted by Gasteiger charge is -2.15. The van der Waals surface area contributed by atoms with Gasteiger partial charge in [0.2, 0.25) is 0 Å². The summed E-state index contributed by atoms with van der Waals surface area (Å²) in [6, 6.07) is 0. The van der Waals surface area contributed by atoms with Gasteiger partial charge >= 0.3 is 0 Å². The third kappa shape index (κ3) is 1.40. The van der Waals surface area contributed by atoms with Crippen LogP contribution in [0.4, 0.5) is 0 Å². The van der Waals surface area contributed by atoms with Gasteiger partial charge in [-0.15, -0.1) is 0 Å². The van der Waals surface area contributed by atoms with Crippen LogP contribution in [0.1, 0.15) is 37.0 Å². The summed E-state index contributed by atoms with van der Waals surface area (Å²) >= 11 is 0. The Balaban J connectivity index is 3.25. The molecule has 1 rings (SSSR count). The summed E-state index contributed by atoms with van der Waals surface area (Å²) in [5.74, 6) is 0. The number of aryl methyl sites for hydroxylation is 1. The van der Waals surface area contributed by atoms with Gasteiger partial charge in [0.1, 0.15) is 5.69 Å². The maximum absolute atomic E-state index is 10.7. The average molecular weight is 166 g/mol. The van der Waals surface area contributed by atoms with Crippen molar-refractivity contribution in [3.63, 3.8) is 0 Å². The Morgan fingerprint density at radius 3 is 2.42 bits per heavy atom. The predicted molar refractivity (Wildman–Crippen MR) is 47.3 cm³/mol. The molecule has 1 aromatic heterocycles. The second-order valence-corrected chi connectivity index (χ2v) is 3.96. The van der Waals surface area contributed by atoms with Gasteiger partial charge in [0.15, 0.2) is 6.29 Å². The highest BCUT2D eigenvalue weighted by Gasteiger charge is 2.21. The Kier molecular flexibility index (Phi) is 2.04. The molecule has 0 aromatic carbocycles. The zero-order valence-corrected chi connectivity index (χ0v) is 7.96. The quantitative estimate of drug-likeness (QED) is 0.593. The molecule has 66 valence electrons. The van der Waals surface area contributed by atoms with Crippen molar-refractivity contribution in [1.29, 1.82) is 0 Å². The van der Waals surface area contributed by atoms with Crippen molar-refractivity contribution in [2.24, 2.45) is 7.05 Å².